The van der Waals surface area contributed by atoms with E-state index < -0.39 is 0 Å². The summed E-state index contributed by atoms with van der Waals surface area (Å²) in [6, 6.07) is 7.71. The number of benzene rings is 1. The molecule has 2 unspecified atom stereocenters. The molecule has 1 aliphatic carbocycles. The Bertz CT molecular complexity index is 408. The number of hydrogen-bond donors (Lipinski definition) is 2. The zero-order valence-corrected chi connectivity index (χ0v) is 10.6. The molecule has 0 radical (unpaired) electrons. The molecule has 0 spiro atoms. The molecule has 0 aromatic heterocycles. The molecule has 2 N–H and O–H groups in total. The highest BCUT2D eigenvalue weighted by Gasteiger charge is 2.34. The Morgan fingerprint density at radius 3 is 3.00 bits per heavy atom. The van der Waals surface area contributed by atoms with Gasteiger partial charge in [-0.05, 0) is 30.5 Å². The molecule has 4 heteroatoms. The largest absolute Gasteiger partial charge is 0.325 e. The van der Waals surface area contributed by atoms with Gasteiger partial charge >= 0.3 is 0 Å². The summed E-state index contributed by atoms with van der Waals surface area (Å²) in [6.07, 6.45) is 2.38. The quantitative estimate of drug-likeness (QED) is 0.846. The van der Waals surface area contributed by atoms with Gasteiger partial charge < -0.3 is 10.6 Å². The second-order valence-electron chi connectivity index (χ2n) is 4.45. The van der Waals surface area contributed by atoms with Crippen molar-refractivity contribution < 1.29 is 4.79 Å². The van der Waals surface area contributed by atoms with Gasteiger partial charge in [0.25, 0.3) is 0 Å². The van der Waals surface area contributed by atoms with Gasteiger partial charge in [0.15, 0.2) is 0 Å². The minimum Gasteiger partial charge on any atom is -0.325 e. The van der Waals surface area contributed by atoms with Crippen molar-refractivity contribution in [1.82, 2.24) is 5.32 Å². The van der Waals surface area contributed by atoms with Gasteiger partial charge in [0.05, 0.1) is 6.54 Å². The van der Waals surface area contributed by atoms with E-state index in [1.54, 1.807) is 12.1 Å². The van der Waals surface area contributed by atoms with Crippen molar-refractivity contribution in [3.63, 3.8) is 0 Å². The SMILES string of the molecule is CCC1CC1NCC(=O)Nc1cccc(Cl)c1. The zero-order valence-electron chi connectivity index (χ0n) is 9.87. The number of carbonyl (C=O) groups is 1. The highest BCUT2D eigenvalue weighted by molar-refractivity contribution is 6.30. The van der Waals surface area contributed by atoms with E-state index in [1.807, 2.05) is 12.1 Å². The number of carbonyl (C=O) groups excluding carboxylic acids is 1. The first kappa shape index (κ1) is 12.4. The summed E-state index contributed by atoms with van der Waals surface area (Å²) in [5, 5.41) is 6.69. The topological polar surface area (TPSA) is 41.1 Å². The van der Waals surface area contributed by atoms with Crippen molar-refractivity contribution in [2.45, 2.75) is 25.8 Å². The normalized spacial score (nSPS) is 22.2. The van der Waals surface area contributed by atoms with Crippen molar-refractivity contribution in [2.75, 3.05) is 11.9 Å². The lowest BCUT2D eigenvalue weighted by atomic mass is 10.3. The van der Waals surface area contributed by atoms with Gasteiger partial charge in [-0.25, -0.2) is 0 Å². The number of anilines is 1. The molecule has 3 nitrogen and oxygen atoms in total. The van der Waals surface area contributed by atoms with Crippen LogP contribution in [0.1, 0.15) is 19.8 Å². The molecule has 0 saturated heterocycles. The van der Waals surface area contributed by atoms with Gasteiger partial charge in [-0.3, -0.25) is 4.79 Å². The third-order valence-electron chi connectivity index (χ3n) is 3.08. The average Bonchev–Trinajstić information content (AvgIpc) is 3.05. The second kappa shape index (κ2) is 5.52. The molecule has 0 bridgehead atoms. The van der Waals surface area contributed by atoms with Gasteiger partial charge in [0.2, 0.25) is 5.91 Å². The Kier molecular flexibility index (Phi) is 4.02. The Labute approximate surface area is 107 Å². The van der Waals surface area contributed by atoms with Crippen molar-refractivity contribution in [3.8, 4) is 0 Å². The standard InChI is InChI=1S/C13H17ClN2O/c1-2-9-6-12(9)15-8-13(17)16-11-5-3-4-10(14)7-11/h3-5,7,9,12,15H,2,6,8H2,1H3,(H,16,17). The van der Waals surface area contributed by atoms with Crippen LogP contribution < -0.4 is 10.6 Å². The van der Waals surface area contributed by atoms with Crippen molar-refractivity contribution >= 4 is 23.2 Å². The van der Waals surface area contributed by atoms with Crippen molar-refractivity contribution in [3.05, 3.63) is 29.3 Å². The van der Waals surface area contributed by atoms with Crippen LogP contribution in [0.4, 0.5) is 5.69 Å². The predicted molar refractivity (Wildman–Crippen MR) is 70.3 cm³/mol. The molecule has 0 aliphatic heterocycles. The Balaban J connectivity index is 1.74. The van der Waals surface area contributed by atoms with Crippen LogP contribution in [-0.2, 0) is 4.79 Å². The van der Waals surface area contributed by atoms with Crippen LogP contribution in [0.3, 0.4) is 0 Å². The minimum absolute atomic E-state index is 0.0194. The van der Waals surface area contributed by atoms with E-state index in [2.05, 4.69) is 17.6 Å². The molecule has 1 aromatic carbocycles. The highest BCUT2D eigenvalue weighted by Crippen LogP contribution is 2.32. The van der Waals surface area contributed by atoms with Crippen LogP contribution >= 0.6 is 11.6 Å². The molecule has 1 aromatic rings. The third-order valence-corrected chi connectivity index (χ3v) is 3.32. The van der Waals surface area contributed by atoms with Crippen molar-refractivity contribution in [1.29, 1.82) is 0 Å². The fourth-order valence-corrected chi connectivity index (χ4v) is 2.13. The average molecular weight is 253 g/mol. The van der Waals surface area contributed by atoms with E-state index in [1.165, 1.54) is 12.8 Å². The van der Waals surface area contributed by atoms with E-state index in [9.17, 15) is 4.79 Å². The molecule has 2 atom stereocenters. The molecule has 0 heterocycles. The Morgan fingerprint density at radius 2 is 2.35 bits per heavy atom. The molecule has 1 fully saturated rings. The molecular formula is C13H17ClN2O. The number of amides is 1. The van der Waals surface area contributed by atoms with Gasteiger partial charge in [-0.2, -0.15) is 0 Å². The summed E-state index contributed by atoms with van der Waals surface area (Å²) < 4.78 is 0. The van der Waals surface area contributed by atoms with E-state index in [0.717, 1.165) is 11.6 Å². The van der Waals surface area contributed by atoms with Gasteiger partial charge in [-0.15, -0.1) is 0 Å². The molecular weight excluding hydrogens is 236 g/mol. The van der Waals surface area contributed by atoms with E-state index in [-0.39, 0.29) is 5.91 Å². The van der Waals surface area contributed by atoms with Gasteiger partial charge in [0.1, 0.15) is 0 Å². The highest BCUT2D eigenvalue weighted by atomic mass is 35.5. The van der Waals surface area contributed by atoms with E-state index in [0.29, 0.717) is 17.6 Å². The summed E-state index contributed by atoms with van der Waals surface area (Å²) in [5.74, 6) is 0.739. The molecule has 2 rings (SSSR count). The molecule has 1 aliphatic rings. The summed E-state index contributed by atoms with van der Waals surface area (Å²) in [7, 11) is 0. The van der Waals surface area contributed by atoms with Crippen LogP contribution in [-0.4, -0.2) is 18.5 Å². The number of nitrogens with one attached hydrogen (secondary N) is 2. The number of halogens is 1. The first-order valence-electron chi connectivity index (χ1n) is 5.98. The third kappa shape index (κ3) is 3.72. The summed E-state index contributed by atoms with van der Waals surface area (Å²) in [4.78, 5) is 11.6. The van der Waals surface area contributed by atoms with Crippen LogP contribution in [0.15, 0.2) is 24.3 Å². The van der Waals surface area contributed by atoms with E-state index >= 15 is 0 Å². The lowest BCUT2D eigenvalue weighted by Crippen LogP contribution is -2.30. The Morgan fingerprint density at radius 1 is 1.53 bits per heavy atom. The van der Waals surface area contributed by atoms with Crippen LogP contribution in [0, 0.1) is 5.92 Å². The van der Waals surface area contributed by atoms with Crippen molar-refractivity contribution in [2.24, 2.45) is 5.92 Å². The van der Waals surface area contributed by atoms with Crippen LogP contribution in [0.25, 0.3) is 0 Å². The molecule has 92 valence electrons. The summed E-state index contributed by atoms with van der Waals surface area (Å²) in [5.41, 5.74) is 0.743. The first-order valence-corrected chi connectivity index (χ1v) is 6.35. The lowest BCUT2D eigenvalue weighted by Gasteiger charge is -2.06. The minimum atomic E-state index is -0.0194. The fraction of sp³-hybridized carbons (Fsp3) is 0.462. The number of hydrogen-bond acceptors (Lipinski definition) is 2. The summed E-state index contributed by atoms with van der Waals surface area (Å²) in [6.45, 7) is 2.55. The maximum atomic E-state index is 11.6. The molecule has 1 saturated carbocycles. The smallest absolute Gasteiger partial charge is 0.238 e. The monoisotopic (exact) mass is 252 g/mol. The maximum Gasteiger partial charge on any atom is 0.238 e. The molecule has 1 amide bonds. The van der Waals surface area contributed by atoms with Crippen LogP contribution in [0.5, 0.6) is 0 Å². The fourth-order valence-electron chi connectivity index (χ4n) is 1.94. The summed E-state index contributed by atoms with van der Waals surface area (Å²) >= 11 is 5.84. The number of rotatable bonds is 5. The lowest BCUT2D eigenvalue weighted by molar-refractivity contribution is -0.115. The van der Waals surface area contributed by atoms with E-state index in [4.69, 9.17) is 11.6 Å². The van der Waals surface area contributed by atoms with Crippen LogP contribution in [0.2, 0.25) is 5.02 Å². The van der Waals surface area contributed by atoms with Gasteiger partial charge in [-0.1, -0.05) is 31.0 Å². The predicted octanol–water partition coefficient (Wildman–Crippen LogP) is 2.67. The first-order chi connectivity index (χ1) is 8.19. The van der Waals surface area contributed by atoms with Gasteiger partial charge in [0, 0.05) is 16.8 Å². The second-order valence-corrected chi connectivity index (χ2v) is 4.89. The molecule has 17 heavy (non-hydrogen) atoms. The Hall–Kier alpha value is -1.06. The maximum absolute atomic E-state index is 11.6. The zero-order chi connectivity index (χ0) is 12.3.